The summed E-state index contributed by atoms with van der Waals surface area (Å²) >= 11 is 0. The lowest BCUT2D eigenvalue weighted by atomic mass is 9.83. The standard InChI is InChI=1S/C24H24FNO5/c1-3-30-23(28)20-14-26(13-16-5-9-18(25)10-6-16)15-21(24(29)31-4-2)22(20)17-7-11-19(27)12-8-17/h5-12,14-15,22,27H,3-4,13H2,1-2H3. The van der Waals surface area contributed by atoms with Crippen molar-refractivity contribution < 1.29 is 28.6 Å². The fourth-order valence-corrected chi connectivity index (χ4v) is 3.40. The summed E-state index contributed by atoms with van der Waals surface area (Å²) in [5.74, 6) is -2.11. The summed E-state index contributed by atoms with van der Waals surface area (Å²) in [4.78, 5) is 27.3. The SMILES string of the molecule is CCOC(=O)C1=CN(Cc2ccc(F)cc2)C=C(C(=O)OCC)C1c1ccc(O)cc1. The largest absolute Gasteiger partial charge is 0.508 e. The van der Waals surface area contributed by atoms with Crippen LogP contribution in [0.2, 0.25) is 0 Å². The normalized spacial score (nSPS) is 14.0. The van der Waals surface area contributed by atoms with Crippen molar-refractivity contribution in [3.63, 3.8) is 0 Å². The van der Waals surface area contributed by atoms with Crippen LogP contribution in [0.25, 0.3) is 0 Å². The van der Waals surface area contributed by atoms with Gasteiger partial charge in [0.15, 0.2) is 0 Å². The van der Waals surface area contributed by atoms with Crippen molar-refractivity contribution in [2.45, 2.75) is 26.3 Å². The van der Waals surface area contributed by atoms with Gasteiger partial charge in [-0.25, -0.2) is 14.0 Å². The summed E-state index contributed by atoms with van der Waals surface area (Å²) in [6.45, 7) is 4.07. The molecule has 1 heterocycles. The smallest absolute Gasteiger partial charge is 0.336 e. The van der Waals surface area contributed by atoms with Gasteiger partial charge in [-0.3, -0.25) is 0 Å². The van der Waals surface area contributed by atoms with E-state index in [-0.39, 0.29) is 35.9 Å². The maximum atomic E-state index is 13.3. The molecule has 162 valence electrons. The number of esters is 2. The average molecular weight is 425 g/mol. The first-order valence-electron chi connectivity index (χ1n) is 9.99. The van der Waals surface area contributed by atoms with Crippen molar-refractivity contribution in [3.05, 3.63) is 89.0 Å². The van der Waals surface area contributed by atoms with Crippen molar-refractivity contribution in [1.82, 2.24) is 4.90 Å². The minimum absolute atomic E-state index is 0.0702. The van der Waals surface area contributed by atoms with E-state index in [2.05, 4.69) is 0 Å². The highest BCUT2D eigenvalue weighted by Gasteiger charge is 2.35. The Morgan fingerprint density at radius 3 is 1.90 bits per heavy atom. The van der Waals surface area contributed by atoms with Crippen LogP contribution >= 0.6 is 0 Å². The van der Waals surface area contributed by atoms with Crippen molar-refractivity contribution in [2.24, 2.45) is 0 Å². The molecule has 0 atom stereocenters. The molecule has 1 N–H and O–H groups in total. The van der Waals surface area contributed by atoms with E-state index in [9.17, 15) is 19.1 Å². The van der Waals surface area contributed by atoms with E-state index in [0.717, 1.165) is 5.56 Å². The van der Waals surface area contributed by atoms with Gasteiger partial charge in [0, 0.05) is 18.9 Å². The first-order chi connectivity index (χ1) is 14.9. The summed E-state index contributed by atoms with van der Waals surface area (Å²) in [6.07, 6.45) is 3.25. The first kappa shape index (κ1) is 22.1. The van der Waals surface area contributed by atoms with Crippen molar-refractivity contribution in [3.8, 4) is 5.75 Å². The van der Waals surface area contributed by atoms with Gasteiger partial charge in [0.25, 0.3) is 0 Å². The lowest BCUT2D eigenvalue weighted by Crippen LogP contribution is -2.29. The Balaban J connectivity index is 2.06. The number of phenolic OH excluding ortho intramolecular Hbond substituents is 1. The summed E-state index contributed by atoms with van der Waals surface area (Å²) < 4.78 is 23.8. The molecule has 0 saturated heterocycles. The van der Waals surface area contributed by atoms with Gasteiger partial charge in [-0.05, 0) is 49.2 Å². The number of phenols is 1. The quantitative estimate of drug-likeness (QED) is 0.675. The molecule has 0 fully saturated rings. The van der Waals surface area contributed by atoms with E-state index in [1.807, 2.05) is 0 Å². The van der Waals surface area contributed by atoms with Gasteiger partial charge < -0.3 is 19.5 Å². The lowest BCUT2D eigenvalue weighted by molar-refractivity contribution is -0.139. The lowest BCUT2D eigenvalue weighted by Gasteiger charge is -2.30. The Morgan fingerprint density at radius 2 is 1.42 bits per heavy atom. The first-order valence-corrected chi connectivity index (χ1v) is 9.99. The third-order valence-corrected chi connectivity index (χ3v) is 4.76. The predicted octanol–water partition coefficient (Wildman–Crippen LogP) is 4.02. The Kier molecular flexibility index (Phi) is 7.07. The number of benzene rings is 2. The number of rotatable bonds is 7. The van der Waals surface area contributed by atoms with E-state index in [1.54, 1.807) is 55.4 Å². The molecule has 0 aromatic heterocycles. The van der Waals surface area contributed by atoms with Gasteiger partial charge in [-0.15, -0.1) is 0 Å². The van der Waals surface area contributed by atoms with E-state index in [0.29, 0.717) is 12.1 Å². The van der Waals surface area contributed by atoms with Crippen LogP contribution in [0.4, 0.5) is 4.39 Å². The van der Waals surface area contributed by atoms with Gasteiger partial charge in [0.2, 0.25) is 0 Å². The second-order valence-corrected chi connectivity index (χ2v) is 6.93. The Labute approximate surface area is 180 Å². The zero-order valence-corrected chi connectivity index (χ0v) is 17.4. The minimum Gasteiger partial charge on any atom is -0.508 e. The van der Waals surface area contributed by atoms with Crippen molar-refractivity contribution in [1.29, 1.82) is 0 Å². The maximum Gasteiger partial charge on any atom is 0.336 e. The van der Waals surface area contributed by atoms with Crippen molar-refractivity contribution in [2.75, 3.05) is 13.2 Å². The molecular weight excluding hydrogens is 401 g/mol. The highest BCUT2D eigenvalue weighted by Crippen LogP contribution is 2.38. The topological polar surface area (TPSA) is 76.1 Å². The van der Waals surface area contributed by atoms with E-state index >= 15 is 0 Å². The molecule has 2 aromatic carbocycles. The number of hydrogen-bond acceptors (Lipinski definition) is 6. The predicted molar refractivity (Wildman–Crippen MR) is 112 cm³/mol. The fraction of sp³-hybridized carbons (Fsp3) is 0.250. The molecule has 6 nitrogen and oxygen atoms in total. The molecule has 0 bridgehead atoms. The molecule has 2 aromatic rings. The van der Waals surface area contributed by atoms with E-state index < -0.39 is 17.9 Å². The maximum absolute atomic E-state index is 13.3. The second-order valence-electron chi connectivity index (χ2n) is 6.93. The number of aromatic hydroxyl groups is 1. The molecule has 0 unspecified atom stereocenters. The van der Waals surface area contributed by atoms with Crippen LogP contribution < -0.4 is 0 Å². The van der Waals surface area contributed by atoms with Gasteiger partial charge in [0.05, 0.1) is 30.3 Å². The summed E-state index contributed by atoms with van der Waals surface area (Å²) in [5, 5.41) is 9.65. The average Bonchev–Trinajstić information content (AvgIpc) is 2.76. The molecule has 31 heavy (non-hydrogen) atoms. The van der Waals surface area contributed by atoms with Gasteiger partial charge >= 0.3 is 11.9 Å². The van der Waals surface area contributed by atoms with Gasteiger partial charge in [0.1, 0.15) is 11.6 Å². The Morgan fingerprint density at radius 1 is 0.903 bits per heavy atom. The molecule has 0 aliphatic carbocycles. The molecular formula is C24H24FNO5. The van der Waals surface area contributed by atoms with Gasteiger partial charge in [-0.1, -0.05) is 24.3 Å². The number of carbonyl (C=O) groups is 2. The van der Waals surface area contributed by atoms with E-state index in [4.69, 9.17) is 9.47 Å². The number of ether oxygens (including phenoxy) is 2. The summed E-state index contributed by atoms with van der Waals surface area (Å²) in [6, 6.07) is 12.3. The van der Waals surface area contributed by atoms with Crippen LogP contribution in [0.5, 0.6) is 5.75 Å². The van der Waals surface area contributed by atoms with Crippen LogP contribution in [-0.2, 0) is 25.6 Å². The number of hydrogen-bond donors (Lipinski definition) is 1. The molecule has 1 aliphatic rings. The highest BCUT2D eigenvalue weighted by atomic mass is 19.1. The number of carbonyl (C=O) groups excluding carboxylic acids is 2. The third-order valence-electron chi connectivity index (χ3n) is 4.76. The molecule has 3 rings (SSSR count). The number of halogens is 1. The highest BCUT2D eigenvalue weighted by molar-refractivity contribution is 5.98. The molecule has 0 spiro atoms. The number of nitrogens with zero attached hydrogens (tertiary/aromatic N) is 1. The van der Waals surface area contributed by atoms with Crippen LogP contribution in [0.1, 0.15) is 30.9 Å². The van der Waals surface area contributed by atoms with Crippen LogP contribution in [0.3, 0.4) is 0 Å². The van der Waals surface area contributed by atoms with Crippen molar-refractivity contribution >= 4 is 11.9 Å². The van der Waals surface area contributed by atoms with Gasteiger partial charge in [-0.2, -0.15) is 0 Å². The Hall–Kier alpha value is -3.61. The second kappa shape index (κ2) is 9.93. The summed E-state index contributed by atoms with van der Waals surface area (Å²) in [5.41, 5.74) is 1.96. The Bertz CT molecular complexity index is 960. The van der Waals surface area contributed by atoms with Crippen LogP contribution in [-0.4, -0.2) is 35.2 Å². The minimum atomic E-state index is -0.719. The molecule has 0 radical (unpaired) electrons. The fourth-order valence-electron chi connectivity index (χ4n) is 3.40. The third kappa shape index (κ3) is 5.31. The van der Waals surface area contributed by atoms with Crippen LogP contribution in [0, 0.1) is 5.82 Å². The molecule has 1 aliphatic heterocycles. The van der Waals surface area contributed by atoms with Crippen LogP contribution in [0.15, 0.2) is 72.1 Å². The molecule has 0 saturated carbocycles. The molecule has 0 amide bonds. The zero-order valence-electron chi connectivity index (χ0n) is 17.4. The summed E-state index contributed by atoms with van der Waals surface area (Å²) in [7, 11) is 0. The monoisotopic (exact) mass is 425 g/mol. The van der Waals surface area contributed by atoms with E-state index in [1.165, 1.54) is 24.3 Å². The zero-order chi connectivity index (χ0) is 22.4. The molecule has 7 heteroatoms.